The van der Waals surface area contributed by atoms with E-state index >= 15 is 0 Å². The number of hydrazine groups is 1. The van der Waals surface area contributed by atoms with Crippen LogP contribution in [-0.2, 0) is 0 Å². The second kappa shape index (κ2) is 4.33. The number of nitrogens with zero attached hydrogens (tertiary/aromatic N) is 1. The first-order chi connectivity index (χ1) is 6.72. The third-order valence-corrected chi connectivity index (χ3v) is 2.20. The third kappa shape index (κ3) is 1.95. The highest BCUT2D eigenvalue weighted by Gasteiger charge is 2.03. The maximum atomic E-state index is 11.2. The van der Waals surface area contributed by atoms with Crippen LogP contribution in [0.2, 0.25) is 0 Å². The highest BCUT2D eigenvalue weighted by molar-refractivity contribution is 5.92. The molecule has 80 valence electrons. The van der Waals surface area contributed by atoms with Gasteiger partial charge in [-0.1, -0.05) is 0 Å². The van der Waals surface area contributed by atoms with Gasteiger partial charge in [0.1, 0.15) is 0 Å². The zero-order valence-corrected chi connectivity index (χ0v) is 9.04. The van der Waals surface area contributed by atoms with E-state index < -0.39 is 0 Å². The molecule has 5 heteroatoms. The maximum absolute atomic E-state index is 11.2. The van der Waals surface area contributed by atoms with Crippen molar-refractivity contribution in [1.82, 2.24) is 4.57 Å². The molecule has 1 heterocycles. The quantitative estimate of drug-likeness (QED) is 0.577. The van der Waals surface area contributed by atoms with Crippen LogP contribution in [0.5, 0.6) is 0 Å². The number of benzene rings is 1. The molecule has 0 spiro atoms. The molecule has 0 bridgehead atoms. The average Bonchev–Trinajstić information content (AvgIpc) is 2.59. The lowest BCUT2D eigenvalue weighted by molar-refractivity contribution is 0.0941. The summed E-state index contributed by atoms with van der Waals surface area (Å²) < 4.78 is 1.61. The van der Waals surface area contributed by atoms with Gasteiger partial charge in [0.15, 0.2) is 0 Å². The molecule has 3 N–H and O–H groups in total. The number of hydrogen-bond donors (Lipinski definition) is 2. The Morgan fingerprint density at radius 2 is 2.13 bits per heavy atom. The molecule has 0 aliphatic rings. The largest absolute Gasteiger partial charge is 0.324 e. The Labute approximate surface area is 93.4 Å². The SMILES string of the molecule is CC(=O)n1ccc2cc(NN)ccc21.Cl. The molecule has 0 saturated carbocycles. The fraction of sp³-hybridized carbons (Fsp3) is 0.100. The van der Waals surface area contributed by atoms with Crippen LogP contribution in [0, 0.1) is 0 Å². The molecular formula is C10H12ClN3O. The smallest absolute Gasteiger partial charge is 0.227 e. The van der Waals surface area contributed by atoms with E-state index in [9.17, 15) is 4.79 Å². The predicted octanol–water partition coefficient (Wildman–Crippen LogP) is 2.01. The predicted molar refractivity (Wildman–Crippen MR) is 63.3 cm³/mol. The van der Waals surface area contributed by atoms with Crippen LogP contribution in [0.4, 0.5) is 5.69 Å². The summed E-state index contributed by atoms with van der Waals surface area (Å²) in [6, 6.07) is 7.49. The fourth-order valence-electron chi connectivity index (χ4n) is 1.51. The minimum Gasteiger partial charge on any atom is -0.324 e. The van der Waals surface area contributed by atoms with E-state index in [4.69, 9.17) is 5.84 Å². The van der Waals surface area contributed by atoms with Crippen LogP contribution in [0.3, 0.4) is 0 Å². The van der Waals surface area contributed by atoms with E-state index in [1.165, 1.54) is 6.92 Å². The van der Waals surface area contributed by atoms with E-state index in [-0.39, 0.29) is 18.3 Å². The number of fused-ring (bicyclic) bond motifs is 1. The average molecular weight is 226 g/mol. The van der Waals surface area contributed by atoms with Gasteiger partial charge < -0.3 is 5.43 Å². The van der Waals surface area contributed by atoms with Crippen molar-refractivity contribution in [3.05, 3.63) is 30.5 Å². The fourth-order valence-corrected chi connectivity index (χ4v) is 1.51. The van der Waals surface area contributed by atoms with E-state index in [1.807, 2.05) is 24.3 Å². The van der Waals surface area contributed by atoms with Crippen molar-refractivity contribution >= 4 is 34.9 Å². The standard InChI is InChI=1S/C10H11N3O.ClH/c1-7(14)13-5-4-8-6-9(12-11)2-3-10(8)13;/h2-6,12H,11H2,1H3;1H. The molecule has 1 aromatic carbocycles. The monoisotopic (exact) mass is 225 g/mol. The Morgan fingerprint density at radius 1 is 1.40 bits per heavy atom. The van der Waals surface area contributed by atoms with Gasteiger partial charge in [-0.25, -0.2) is 0 Å². The number of halogens is 1. The molecular weight excluding hydrogens is 214 g/mol. The Kier molecular flexibility index (Phi) is 3.34. The van der Waals surface area contributed by atoms with Crippen molar-refractivity contribution in [3.8, 4) is 0 Å². The van der Waals surface area contributed by atoms with E-state index in [0.29, 0.717) is 0 Å². The number of carbonyl (C=O) groups excluding carboxylic acids is 1. The van der Waals surface area contributed by atoms with E-state index in [2.05, 4.69) is 5.43 Å². The minimum atomic E-state index is 0. The van der Waals surface area contributed by atoms with Crippen LogP contribution >= 0.6 is 12.4 Å². The van der Waals surface area contributed by atoms with Gasteiger partial charge >= 0.3 is 0 Å². The summed E-state index contributed by atoms with van der Waals surface area (Å²) in [5.41, 5.74) is 4.30. The zero-order chi connectivity index (χ0) is 10.1. The van der Waals surface area contributed by atoms with Gasteiger partial charge in [-0.15, -0.1) is 12.4 Å². The number of nitrogens with one attached hydrogen (secondary N) is 1. The highest BCUT2D eigenvalue weighted by Crippen LogP contribution is 2.19. The summed E-state index contributed by atoms with van der Waals surface area (Å²) >= 11 is 0. The minimum absolute atomic E-state index is 0. The van der Waals surface area contributed by atoms with Gasteiger partial charge in [-0.3, -0.25) is 15.2 Å². The third-order valence-electron chi connectivity index (χ3n) is 2.20. The number of nitrogen functional groups attached to an aromatic ring is 1. The van der Waals surface area contributed by atoms with Crippen molar-refractivity contribution in [2.45, 2.75) is 6.92 Å². The van der Waals surface area contributed by atoms with Crippen LogP contribution in [-0.4, -0.2) is 10.5 Å². The van der Waals surface area contributed by atoms with Crippen LogP contribution in [0.15, 0.2) is 30.5 Å². The Bertz CT molecular complexity index is 492. The van der Waals surface area contributed by atoms with Crippen LogP contribution < -0.4 is 11.3 Å². The maximum Gasteiger partial charge on any atom is 0.227 e. The molecule has 0 radical (unpaired) electrons. The summed E-state index contributed by atoms with van der Waals surface area (Å²) in [5, 5.41) is 0.996. The number of aromatic nitrogens is 1. The summed E-state index contributed by atoms with van der Waals surface area (Å²) in [6.07, 6.45) is 1.76. The van der Waals surface area contributed by atoms with Gasteiger partial charge in [0, 0.05) is 24.2 Å². The summed E-state index contributed by atoms with van der Waals surface area (Å²) in [4.78, 5) is 11.2. The Morgan fingerprint density at radius 3 is 2.73 bits per heavy atom. The van der Waals surface area contributed by atoms with Crippen molar-refractivity contribution < 1.29 is 4.79 Å². The normalized spacial score (nSPS) is 9.73. The van der Waals surface area contributed by atoms with E-state index in [0.717, 1.165) is 16.6 Å². The zero-order valence-electron chi connectivity index (χ0n) is 8.23. The summed E-state index contributed by atoms with van der Waals surface area (Å²) in [7, 11) is 0. The topological polar surface area (TPSA) is 60.0 Å². The first kappa shape index (κ1) is 11.6. The lowest BCUT2D eigenvalue weighted by Gasteiger charge is -2.01. The van der Waals surface area contributed by atoms with Gasteiger partial charge in [-0.2, -0.15) is 0 Å². The molecule has 2 rings (SSSR count). The van der Waals surface area contributed by atoms with Crippen molar-refractivity contribution in [2.75, 3.05) is 5.43 Å². The van der Waals surface area contributed by atoms with E-state index in [1.54, 1.807) is 10.8 Å². The van der Waals surface area contributed by atoms with Gasteiger partial charge in [0.05, 0.1) is 5.52 Å². The number of nitrogens with two attached hydrogens (primary N) is 1. The van der Waals surface area contributed by atoms with Crippen molar-refractivity contribution in [2.24, 2.45) is 5.84 Å². The molecule has 1 aromatic heterocycles. The molecule has 0 aliphatic heterocycles. The number of hydrogen-bond acceptors (Lipinski definition) is 3. The lowest BCUT2D eigenvalue weighted by Crippen LogP contribution is -2.06. The van der Waals surface area contributed by atoms with Crippen LogP contribution in [0.1, 0.15) is 11.7 Å². The molecule has 2 aromatic rings. The van der Waals surface area contributed by atoms with Crippen LogP contribution in [0.25, 0.3) is 10.9 Å². The van der Waals surface area contributed by atoms with Gasteiger partial charge in [0.2, 0.25) is 5.91 Å². The Hall–Kier alpha value is -1.52. The number of anilines is 1. The summed E-state index contributed by atoms with van der Waals surface area (Å²) in [6.45, 7) is 1.54. The second-order valence-electron chi connectivity index (χ2n) is 3.12. The molecule has 0 atom stereocenters. The molecule has 15 heavy (non-hydrogen) atoms. The molecule has 0 aliphatic carbocycles. The molecule has 0 saturated heterocycles. The second-order valence-corrected chi connectivity index (χ2v) is 3.12. The summed E-state index contributed by atoms with van der Waals surface area (Å²) in [5.74, 6) is 5.29. The number of rotatable bonds is 1. The van der Waals surface area contributed by atoms with Crippen molar-refractivity contribution in [1.29, 1.82) is 0 Å². The first-order valence-corrected chi connectivity index (χ1v) is 4.31. The van der Waals surface area contributed by atoms with Gasteiger partial charge in [0.25, 0.3) is 0 Å². The molecule has 4 nitrogen and oxygen atoms in total. The molecule has 0 unspecified atom stereocenters. The lowest BCUT2D eigenvalue weighted by atomic mass is 10.2. The highest BCUT2D eigenvalue weighted by atomic mass is 35.5. The molecule has 0 amide bonds. The molecule has 0 fully saturated rings. The Balaban J connectivity index is 0.00000112. The van der Waals surface area contributed by atoms with Gasteiger partial charge in [-0.05, 0) is 24.3 Å². The first-order valence-electron chi connectivity index (χ1n) is 4.31. The van der Waals surface area contributed by atoms with Crippen molar-refractivity contribution in [3.63, 3.8) is 0 Å². The number of carbonyl (C=O) groups is 1.